The maximum atomic E-state index is 11.6. The summed E-state index contributed by atoms with van der Waals surface area (Å²) in [5.41, 5.74) is 0.0919. The van der Waals surface area contributed by atoms with Crippen LogP contribution in [0.5, 0.6) is 0 Å². The first kappa shape index (κ1) is 9.97. The summed E-state index contributed by atoms with van der Waals surface area (Å²) in [6, 6.07) is 0. The molecule has 1 saturated heterocycles. The zero-order chi connectivity index (χ0) is 10.3. The first-order chi connectivity index (χ1) is 6.51. The van der Waals surface area contributed by atoms with E-state index in [0.717, 1.165) is 19.3 Å². The van der Waals surface area contributed by atoms with Gasteiger partial charge in [0.2, 0.25) is 0 Å². The minimum atomic E-state index is -0.0439. The van der Waals surface area contributed by atoms with Gasteiger partial charge in [0.25, 0.3) is 0 Å². The van der Waals surface area contributed by atoms with Crippen LogP contribution in [0.3, 0.4) is 0 Å². The van der Waals surface area contributed by atoms with Gasteiger partial charge in [-0.2, -0.15) is 0 Å². The predicted molar refractivity (Wildman–Crippen MR) is 51.8 cm³/mol. The molecule has 1 aliphatic heterocycles. The van der Waals surface area contributed by atoms with Gasteiger partial charge in [0, 0.05) is 0 Å². The molecule has 0 aromatic carbocycles. The molecule has 2 rings (SSSR count). The molecule has 14 heavy (non-hydrogen) atoms. The molecule has 0 radical (unpaired) electrons. The SMILES string of the molecule is CC(C)OC(=O)C1CCC2(C)OC2C1. The molecule has 0 bridgehead atoms. The van der Waals surface area contributed by atoms with Gasteiger partial charge in [-0.25, -0.2) is 0 Å². The Labute approximate surface area is 84.8 Å². The molecule has 0 aromatic rings. The zero-order valence-electron chi connectivity index (χ0n) is 9.08. The molecule has 3 heteroatoms. The van der Waals surface area contributed by atoms with Gasteiger partial charge < -0.3 is 9.47 Å². The van der Waals surface area contributed by atoms with Crippen LogP contribution in [0.25, 0.3) is 0 Å². The summed E-state index contributed by atoms with van der Waals surface area (Å²) in [6.07, 6.45) is 3.06. The van der Waals surface area contributed by atoms with Crippen molar-refractivity contribution in [3.05, 3.63) is 0 Å². The van der Waals surface area contributed by atoms with Gasteiger partial charge in [-0.3, -0.25) is 4.79 Å². The topological polar surface area (TPSA) is 38.8 Å². The van der Waals surface area contributed by atoms with Gasteiger partial charge in [-0.15, -0.1) is 0 Å². The van der Waals surface area contributed by atoms with Crippen LogP contribution in [0.2, 0.25) is 0 Å². The number of hydrogen-bond donors (Lipinski definition) is 0. The number of carbonyl (C=O) groups is 1. The van der Waals surface area contributed by atoms with Crippen LogP contribution in [0.4, 0.5) is 0 Å². The summed E-state index contributed by atoms with van der Waals surface area (Å²) in [5.74, 6) is 0.0236. The van der Waals surface area contributed by atoms with Gasteiger partial charge in [0.15, 0.2) is 0 Å². The van der Waals surface area contributed by atoms with Crippen LogP contribution in [0.1, 0.15) is 40.0 Å². The number of rotatable bonds is 2. The van der Waals surface area contributed by atoms with E-state index in [-0.39, 0.29) is 23.6 Å². The quantitative estimate of drug-likeness (QED) is 0.502. The van der Waals surface area contributed by atoms with Crippen molar-refractivity contribution in [3.8, 4) is 0 Å². The Bertz CT molecular complexity index is 249. The van der Waals surface area contributed by atoms with E-state index < -0.39 is 0 Å². The summed E-state index contributed by atoms with van der Waals surface area (Å²) < 4.78 is 10.7. The molecular formula is C11H18O3. The lowest BCUT2D eigenvalue weighted by Gasteiger charge is -2.21. The molecule has 3 atom stereocenters. The molecule has 0 aromatic heterocycles. The maximum absolute atomic E-state index is 11.6. The molecule has 1 aliphatic carbocycles. The van der Waals surface area contributed by atoms with E-state index >= 15 is 0 Å². The highest BCUT2D eigenvalue weighted by atomic mass is 16.6. The number of carbonyl (C=O) groups excluding carboxylic acids is 1. The largest absolute Gasteiger partial charge is 0.463 e. The van der Waals surface area contributed by atoms with E-state index in [2.05, 4.69) is 6.92 Å². The summed E-state index contributed by atoms with van der Waals surface area (Å²) >= 11 is 0. The van der Waals surface area contributed by atoms with E-state index in [0.29, 0.717) is 6.10 Å². The number of epoxide rings is 1. The van der Waals surface area contributed by atoms with Gasteiger partial charge >= 0.3 is 5.97 Å². The first-order valence-corrected chi connectivity index (χ1v) is 5.39. The maximum Gasteiger partial charge on any atom is 0.309 e. The Kier molecular flexibility index (Phi) is 2.30. The third-order valence-electron chi connectivity index (χ3n) is 3.21. The van der Waals surface area contributed by atoms with Gasteiger partial charge in [0.05, 0.1) is 23.7 Å². The van der Waals surface area contributed by atoms with Crippen molar-refractivity contribution < 1.29 is 14.3 Å². The number of fused-ring (bicyclic) bond motifs is 1. The molecule has 0 amide bonds. The molecular weight excluding hydrogens is 180 g/mol. The molecule has 0 spiro atoms. The average molecular weight is 198 g/mol. The van der Waals surface area contributed by atoms with Crippen molar-refractivity contribution in [1.29, 1.82) is 0 Å². The van der Waals surface area contributed by atoms with Crippen LogP contribution in [0.15, 0.2) is 0 Å². The van der Waals surface area contributed by atoms with Crippen molar-refractivity contribution in [3.63, 3.8) is 0 Å². The molecule has 0 N–H and O–H groups in total. The van der Waals surface area contributed by atoms with Gasteiger partial charge in [0.1, 0.15) is 0 Å². The van der Waals surface area contributed by atoms with Crippen LogP contribution in [0, 0.1) is 5.92 Å². The fraction of sp³-hybridized carbons (Fsp3) is 0.909. The zero-order valence-corrected chi connectivity index (χ0v) is 9.08. The summed E-state index contributed by atoms with van der Waals surface area (Å²) in [5, 5.41) is 0. The van der Waals surface area contributed by atoms with E-state index in [4.69, 9.17) is 9.47 Å². The Hall–Kier alpha value is -0.570. The van der Waals surface area contributed by atoms with Crippen molar-refractivity contribution in [2.75, 3.05) is 0 Å². The number of esters is 1. The lowest BCUT2D eigenvalue weighted by molar-refractivity contribution is -0.153. The van der Waals surface area contributed by atoms with Crippen LogP contribution < -0.4 is 0 Å². The molecule has 2 fully saturated rings. The lowest BCUT2D eigenvalue weighted by atomic mass is 9.83. The molecule has 1 heterocycles. The van der Waals surface area contributed by atoms with Gasteiger partial charge in [-0.05, 0) is 40.0 Å². The lowest BCUT2D eigenvalue weighted by Crippen LogP contribution is -2.29. The van der Waals surface area contributed by atoms with Crippen LogP contribution in [-0.2, 0) is 14.3 Å². The van der Waals surface area contributed by atoms with E-state index in [1.165, 1.54) is 0 Å². The molecule has 3 nitrogen and oxygen atoms in total. The predicted octanol–water partition coefficient (Wildman–Crippen LogP) is 1.90. The third-order valence-corrected chi connectivity index (χ3v) is 3.21. The highest BCUT2D eigenvalue weighted by Crippen LogP contribution is 2.49. The second-order valence-electron chi connectivity index (χ2n) is 4.88. The highest BCUT2D eigenvalue weighted by molar-refractivity contribution is 5.73. The summed E-state index contributed by atoms with van der Waals surface area (Å²) in [7, 11) is 0. The minimum absolute atomic E-state index is 0.00377. The number of hydrogen-bond acceptors (Lipinski definition) is 3. The fourth-order valence-electron chi connectivity index (χ4n) is 2.19. The van der Waals surface area contributed by atoms with E-state index in [1.807, 2.05) is 13.8 Å². The fourth-order valence-corrected chi connectivity index (χ4v) is 2.19. The van der Waals surface area contributed by atoms with E-state index in [1.54, 1.807) is 0 Å². The first-order valence-electron chi connectivity index (χ1n) is 5.39. The smallest absolute Gasteiger partial charge is 0.309 e. The Morgan fingerprint density at radius 2 is 2.29 bits per heavy atom. The van der Waals surface area contributed by atoms with Gasteiger partial charge in [-0.1, -0.05) is 0 Å². The van der Waals surface area contributed by atoms with Crippen molar-refractivity contribution in [1.82, 2.24) is 0 Å². The minimum Gasteiger partial charge on any atom is -0.463 e. The molecule has 2 aliphatic rings. The van der Waals surface area contributed by atoms with E-state index in [9.17, 15) is 4.79 Å². The van der Waals surface area contributed by atoms with Crippen molar-refractivity contribution in [2.45, 2.75) is 57.8 Å². The average Bonchev–Trinajstić information content (AvgIpc) is 2.73. The number of ether oxygens (including phenoxy) is 2. The standard InChI is InChI=1S/C11H18O3/c1-7(2)13-10(12)8-4-5-11(3)9(6-8)14-11/h7-9H,4-6H2,1-3H3. The van der Waals surface area contributed by atoms with Crippen LogP contribution >= 0.6 is 0 Å². The second-order valence-corrected chi connectivity index (χ2v) is 4.88. The third kappa shape index (κ3) is 1.78. The normalized spacial score (nSPS) is 40.6. The van der Waals surface area contributed by atoms with Crippen molar-refractivity contribution in [2.24, 2.45) is 5.92 Å². The Morgan fingerprint density at radius 1 is 1.57 bits per heavy atom. The second kappa shape index (κ2) is 3.23. The Balaban J connectivity index is 1.85. The summed E-state index contributed by atoms with van der Waals surface area (Å²) in [6.45, 7) is 5.90. The van der Waals surface area contributed by atoms with Crippen LogP contribution in [-0.4, -0.2) is 23.8 Å². The van der Waals surface area contributed by atoms with Crippen molar-refractivity contribution >= 4 is 5.97 Å². The molecule has 1 saturated carbocycles. The molecule has 3 unspecified atom stereocenters. The molecule has 80 valence electrons. The Morgan fingerprint density at radius 3 is 2.86 bits per heavy atom. The highest BCUT2D eigenvalue weighted by Gasteiger charge is 2.56. The summed E-state index contributed by atoms with van der Waals surface area (Å²) in [4.78, 5) is 11.6. The monoisotopic (exact) mass is 198 g/mol.